The summed E-state index contributed by atoms with van der Waals surface area (Å²) in [5, 5.41) is 11.7. The van der Waals surface area contributed by atoms with Crippen molar-refractivity contribution in [1.82, 2.24) is 14.6 Å². The van der Waals surface area contributed by atoms with E-state index in [1.165, 1.54) is 22.6 Å². The fourth-order valence-corrected chi connectivity index (χ4v) is 3.55. The van der Waals surface area contributed by atoms with Crippen molar-refractivity contribution in [3.63, 3.8) is 0 Å². The molecule has 1 amide bonds. The van der Waals surface area contributed by atoms with E-state index < -0.39 is 16.0 Å². The zero-order chi connectivity index (χ0) is 17.0. The van der Waals surface area contributed by atoms with E-state index in [9.17, 15) is 18.0 Å². The van der Waals surface area contributed by atoms with Gasteiger partial charge in [-0.25, -0.2) is 22.5 Å². The number of rotatable bonds is 5. The number of pyridine rings is 1. The van der Waals surface area contributed by atoms with Gasteiger partial charge in [0.2, 0.25) is 10.0 Å². The van der Waals surface area contributed by atoms with Crippen LogP contribution in [0.1, 0.15) is 40.6 Å². The molecule has 0 bridgehead atoms. The lowest BCUT2D eigenvalue weighted by Gasteiger charge is -2.31. The first kappa shape index (κ1) is 17.4. The van der Waals surface area contributed by atoms with Crippen molar-refractivity contribution >= 4 is 21.9 Å². The van der Waals surface area contributed by atoms with E-state index in [0.29, 0.717) is 25.9 Å². The SMILES string of the molecule is CCS(=O)(=O)N1CCC(NC(=O)c2ccnc(C(=O)O)c2)CC1. The van der Waals surface area contributed by atoms with Crippen LogP contribution in [0.5, 0.6) is 0 Å². The molecule has 0 aliphatic carbocycles. The Morgan fingerprint density at radius 3 is 2.61 bits per heavy atom. The highest BCUT2D eigenvalue weighted by Gasteiger charge is 2.27. The third kappa shape index (κ3) is 4.26. The Balaban J connectivity index is 1.95. The molecule has 126 valence electrons. The second-order valence-electron chi connectivity index (χ2n) is 5.28. The monoisotopic (exact) mass is 341 g/mol. The van der Waals surface area contributed by atoms with Gasteiger partial charge in [-0.1, -0.05) is 0 Å². The van der Waals surface area contributed by atoms with Crippen LogP contribution >= 0.6 is 0 Å². The van der Waals surface area contributed by atoms with Gasteiger partial charge in [0.1, 0.15) is 5.69 Å². The smallest absolute Gasteiger partial charge is 0.354 e. The third-order valence-electron chi connectivity index (χ3n) is 3.79. The molecule has 8 nitrogen and oxygen atoms in total. The van der Waals surface area contributed by atoms with Gasteiger partial charge in [-0.15, -0.1) is 0 Å². The molecule has 0 aromatic carbocycles. The molecule has 1 aliphatic heterocycles. The Labute approximate surface area is 134 Å². The maximum Gasteiger partial charge on any atom is 0.354 e. The van der Waals surface area contributed by atoms with Crippen molar-refractivity contribution in [1.29, 1.82) is 0 Å². The van der Waals surface area contributed by atoms with Crippen LogP contribution in [-0.2, 0) is 10.0 Å². The number of carboxylic acid groups (broad SMARTS) is 1. The number of aromatic nitrogens is 1. The van der Waals surface area contributed by atoms with E-state index in [4.69, 9.17) is 5.11 Å². The molecule has 2 rings (SSSR count). The minimum atomic E-state index is -3.19. The Morgan fingerprint density at radius 1 is 1.39 bits per heavy atom. The van der Waals surface area contributed by atoms with Crippen LogP contribution in [0.4, 0.5) is 0 Å². The summed E-state index contributed by atoms with van der Waals surface area (Å²) < 4.78 is 25.0. The Morgan fingerprint density at radius 2 is 2.04 bits per heavy atom. The number of piperidine rings is 1. The van der Waals surface area contributed by atoms with Crippen molar-refractivity contribution in [3.05, 3.63) is 29.6 Å². The first-order valence-corrected chi connectivity index (χ1v) is 8.92. The molecule has 1 saturated heterocycles. The molecule has 23 heavy (non-hydrogen) atoms. The number of amides is 1. The van der Waals surface area contributed by atoms with Gasteiger partial charge in [-0.05, 0) is 31.9 Å². The van der Waals surface area contributed by atoms with Crippen LogP contribution < -0.4 is 5.32 Å². The topological polar surface area (TPSA) is 117 Å². The van der Waals surface area contributed by atoms with Crippen LogP contribution in [0.15, 0.2) is 18.3 Å². The first-order chi connectivity index (χ1) is 10.8. The quantitative estimate of drug-likeness (QED) is 0.797. The van der Waals surface area contributed by atoms with Crippen LogP contribution in [-0.4, -0.2) is 59.6 Å². The van der Waals surface area contributed by atoms with Gasteiger partial charge in [0, 0.05) is 30.9 Å². The number of nitrogens with one attached hydrogen (secondary N) is 1. The number of carbonyl (C=O) groups is 2. The van der Waals surface area contributed by atoms with Gasteiger partial charge in [0.15, 0.2) is 0 Å². The van der Waals surface area contributed by atoms with E-state index in [1.807, 2.05) is 0 Å². The lowest BCUT2D eigenvalue weighted by Crippen LogP contribution is -2.46. The number of hydrogen-bond donors (Lipinski definition) is 2. The minimum Gasteiger partial charge on any atom is -0.477 e. The number of aromatic carboxylic acids is 1. The van der Waals surface area contributed by atoms with Gasteiger partial charge in [0.05, 0.1) is 5.75 Å². The lowest BCUT2D eigenvalue weighted by molar-refractivity contribution is 0.0690. The summed E-state index contributed by atoms with van der Waals surface area (Å²) >= 11 is 0. The molecule has 0 radical (unpaired) electrons. The maximum atomic E-state index is 12.2. The number of hydrogen-bond acceptors (Lipinski definition) is 5. The number of sulfonamides is 1. The summed E-state index contributed by atoms with van der Waals surface area (Å²) in [6, 6.07) is 2.53. The van der Waals surface area contributed by atoms with Crippen molar-refractivity contribution in [2.45, 2.75) is 25.8 Å². The fraction of sp³-hybridized carbons (Fsp3) is 0.500. The van der Waals surface area contributed by atoms with E-state index in [-0.39, 0.29) is 29.0 Å². The van der Waals surface area contributed by atoms with E-state index >= 15 is 0 Å². The molecular formula is C14H19N3O5S. The standard InChI is InChI=1S/C14H19N3O5S/c1-2-23(21,22)17-7-4-11(5-8-17)16-13(18)10-3-6-15-12(9-10)14(19)20/h3,6,9,11H,2,4-5,7-8H2,1H3,(H,16,18)(H,19,20). The third-order valence-corrected chi connectivity index (χ3v) is 5.67. The minimum absolute atomic E-state index is 0.0685. The molecule has 0 atom stereocenters. The first-order valence-electron chi connectivity index (χ1n) is 7.31. The second kappa shape index (κ2) is 7.05. The van der Waals surface area contributed by atoms with Gasteiger partial charge in [-0.2, -0.15) is 0 Å². The normalized spacial score (nSPS) is 16.9. The van der Waals surface area contributed by atoms with Gasteiger partial charge in [-0.3, -0.25) is 4.79 Å². The maximum absolute atomic E-state index is 12.2. The van der Waals surface area contributed by atoms with Crippen LogP contribution in [0.25, 0.3) is 0 Å². The lowest BCUT2D eigenvalue weighted by atomic mass is 10.1. The molecule has 0 saturated carbocycles. The molecule has 1 aromatic heterocycles. The van der Waals surface area contributed by atoms with Crippen LogP contribution in [0, 0.1) is 0 Å². The second-order valence-corrected chi connectivity index (χ2v) is 7.54. The Kier molecular flexibility index (Phi) is 5.32. The molecule has 0 unspecified atom stereocenters. The van der Waals surface area contributed by atoms with Crippen molar-refractivity contribution in [3.8, 4) is 0 Å². The van der Waals surface area contributed by atoms with E-state index in [1.54, 1.807) is 6.92 Å². The highest BCUT2D eigenvalue weighted by Crippen LogP contribution is 2.15. The van der Waals surface area contributed by atoms with Crippen LogP contribution in [0.3, 0.4) is 0 Å². The molecule has 1 aliphatic rings. The van der Waals surface area contributed by atoms with Crippen molar-refractivity contribution in [2.24, 2.45) is 0 Å². The molecule has 1 aromatic rings. The molecular weight excluding hydrogens is 322 g/mol. The van der Waals surface area contributed by atoms with E-state index in [0.717, 1.165) is 0 Å². The average Bonchev–Trinajstić information content (AvgIpc) is 2.55. The number of carboxylic acids is 1. The zero-order valence-electron chi connectivity index (χ0n) is 12.7. The molecule has 2 N–H and O–H groups in total. The Bertz CT molecular complexity index is 696. The summed E-state index contributed by atoms with van der Waals surface area (Å²) in [5.74, 6) is -1.51. The number of nitrogens with zero attached hydrogens (tertiary/aromatic N) is 2. The zero-order valence-corrected chi connectivity index (χ0v) is 13.5. The van der Waals surface area contributed by atoms with Crippen molar-refractivity contribution < 1.29 is 23.1 Å². The summed E-state index contributed by atoms with van der Waals surface area (Å²) in [6.45, 7) is 2.35. The molecule has 2 heterocycles. The predicted octanol–water partition coefficient (Wildman–Crippen LogP) is 0.324. The summed E-state index contributed by atoms with van der Waals surface area (Å²) in [7, 11) is -3.19. The van der Waals surface area contributed by atoms with Crippen molar-refractivity contribution in [2.75, 3.05) is 18.8 Å². The fourth-order valence-electron chi connectivity index (χ4n) is 2.42. The van der Waals surface area contributed by atoms with Gasteiger partial charge in [0.25, 0.3) is 5.91 Å². The summed E-state index contributed by atoms with van der Waals surface area (Å²) in [4.78, 5) is 26.7. The largest absolute Gasteiger partial charge is 0.477 e. The van der Waals surface area contributed by atoms with Crippen LogP contribution in [0.2, 0.25) is 0 Å². The summed E-state index contributed by atoms with van der Waals surface area (Å²) in [6.07, 6.45) is 2.33. The van der Waals surface area contributed by atoms with E-state index in [2.05, 4.69) is 10.3 Å². The van der Waals surface area contributed by atoms with Gasteiger partial charge >= 0.3 is 5.97 Å². The molecule has 1 fully saturated rings. The predicted molar refractivity (Wildman–Crippen MR) is 82.7 cm³/mol. The van der Waals surface area contributed by atoms with Gasteiger partial charge < -0.3 is 10.4 Å². The molecule has 9 heteroatoms. The highest BCUT2D eigenvalue weighted by molar-refractivity contribution is 7.89. The average molecular weight is 341 g/mol. The highest BCUT2D eigenvalue weighted by atomic mass is 32.2. The number of carbonyl (C=O) groups excluding carboxylic acids is 1. The summed E-state index contributed by atoms with van der Waals surface area (Å²) in [5.41, 5.74) is 0.0301. The molecule has 0 spiro atoms. The Hall–Kier alpha value is -2.00.